The number of aromatic nitrogens is 2. The molecule has 0 aliphatic rings. The van der Waals surface area contributed by atoms with E-state index in [0.717, 1.165) is 16.7 Å². The maximum absolute atomic E-state index is 11.9. The predicted molar refractivity (Wildman–Crippen MR) is 83.3 cm³/mol. The second kappa shape index (κ2) is 5.58. The van der Waals surface area contributed by atoms with Gasteiger partial charge in [-0.3, -0.25) is 14.8 Å². The van der Waals surface area contributed by atoms with Gasteiger partial charge in [0.05, 0.1) is 16.7 Å². The molecule has 1 N–H and O–H groups in total. The number of carbonyl (C=O) groups is 1. The smallest absolute Gasteiger partial charge is 0.201 e. The van der Waals surface area contributed by atoms with Gasteiger partial charge in [0, 0.05) is 6.92 Å². The molecule has 0 fully saturated rings. The minimum absolute atomic E-state index is 0.137. The first kappa shape index (κ1) is 13.1. The largest absolute Gasteiger partial charge is 0.291 e. The van der Waals surface area contributed by atoms with Crippen LogP contribution in [0.2, 0.25) is 0 Å². The molecule has 1 aromatic heterocycles. The van der Waals surface area contributed by atoms with Crippen molar-refractivity contribution in [3.63, 3.8) is 0 Å². The number of rotatable bonds is 3. The lowest BCUT2D eigenvalue weighted by atomic mass is 10.3. The third kappa shape index (κ3) is 2.67. The second-order valence-electron chi connectivity index (χ2n) is 4.57. The van der Waals surface area contributed by atoms with Crippen molar-refractivity contribution in [3.05, 3.63) is 60.9 Å². The number of nitrogens with one attached hydrogen (secondary N) is 1. The lowest BCUT2D eigenvalue weighted by Gasteiger charge is -2.06. The zero-order valence-corrected chi connectivity index (χ0v) is 11.5. The number of hydrogen-bond acceptors (Lipinski definition) is 4. The number of ketones is 1. The molecule has 0 aliphatic heterocycles. The van der Waals surface area contributed by atoms with Crippen LogP contribution in [0.5, 0.6) is 0 Å². The van der Waals surface area contributed by atoms with Crippen molar-refractivity contribution in [2.75, 3.05) is 5.43 Å². The fourth-order valence-corrected chi connectivity index (χ4v) is 2.06. The molecule has 0 radical (unpaired) electrons. The summed E-state index contributed by atoms with van der Waals surface area (Å²) in [5, 5.41) is 4.23. The van der Waals surface area contributed by atoms with Gasteiger partial charge in [0.1, 0.15) is 6.33 Å². The molecule has 0 atom stereocenters. The molecule has 0 amide bonds. The van der Waals surface area contributed by atoms with Gasteiger partial charge < -0.3 is 0 Å². The third-order valence-electron chi connectivity index (χ3n) is 3.06. The average molecular weight is 278 g/mol. The van der Waals surface area contributed by atoms with Crippen molar-refractivity contribution in [3.8, 4) is 0 Å². The maximum Gasteiger partial charge on any atom is 0.201 e. The van der Waals surface area contributed by atoms with Crippen molar-refractivity contribution >= 4 is 28.3 Å². The predicted octanol–water partition coefficient (Wildman–Crippen LogP) is 2.90. The van der Waals surface area contributed by atoms with Crippen LogP contribution in [-0.2, 0) is 4.79 Å². The summed E-state index contributed by atoms with van der Waals surface area (Å²) in [6.45, 7) is 1.49. The van der Waals surface area contributed by atoms with E-state index >= 15 is 0 Å². The molecule has 0 unspecified atom stereocenters. The molecule has 5 heteroatoms. The molecular weight excluding hydrogens is 264 g/mol. The van der Waals surface area contributed by atoms with Gasteiger partial charge in [0.25, 0.3) is 0 Å². The number of hydrazone groups is 1. The van der Waals surface area contributed by atoms with Crippen LogP contribution in [0.3, 0.4) is 0 Å². The number of Topliss-reactive ketones (excluding diaryl/α,β-unsaturated/α-hetero) is 1. The Morgan fingerprint density at radius 1 is 1.10 bits per heavy atom. The van der Waals surface area contributed by atoms with Gasteiger partial charge >= 0.3 is 0 Å². The lowest BCUT2D eigenvalue weighted by Crippen LogP contribution is -2.21. The van der Waals surface area contributed by atoms with E-state index in [0.29, 0.717) is 5.84 Å². The molecule has 21 heavy (non-hydrogen) atoms. The van der Waals surface area contributed by atoms with Crippen molar-refractivity contribution in [2.24, 2.45) is 5.10 Å². The highest BCUT2D eigenvalue weighted by Crippen LogP contribution is 2.12. The summed E-state index contributed by atoms with van der Waals surface area (Å²) >= 11 is 0. The fourth-order valence-electron chi connectivity index (χ4n) is 2.06. The van der Waals surface area contributed by atoms with Gasteiger partial charge in [-0.2, -0.15) is 5.10 Å². The van der Waals surface area contributed by atoms with E-state index < -0.39 is 0 Å². The van der Waals surface area contributed by atoms with Gasteiger partial charge in [-0.15, -0.1) is 0 Å². The van der Waals surface area contributed by atoms with Crippen molar-refractivity contribution in [1.29, 1.82) is 0 Å². The number of fused-ring (bicyclic) bond motifs is 1. The standard InChI is InChI=1S/C16H14N4O/c1-12(21)16(19-18-13-7-3-2-4-8-13)20-11-17-14-9-5-6-10-15(14)20/h2-11,18H,1H3/b19-16-. The number of para-hydroxylation sites is 3. The zero-order chi connectivity index (χ0) is 14.7. The summed E-state index contributed by atoms with van der Waals surface area (Å²) in [5.41, 5.74) is 5.39. The van der Waals surface area contributed by atoms with Crippen molar-refractivity contribution in [1.82, 2.24) is 9.55 Å². The Bertz CT molecular complexity index is 805. The van der Waals surface area contributed by atoms with E-state index in [9.17, 15) is 4.79 Å². The summed E-state index contributed by atoms with van der Waals surface area (Å²) in [6, 6.07) is 17.1. The van der Waals surface area contributed by atoms with Gasteiger partial charge in [-0.05, 0) is 24.3 Å². The van der Waals surface area contributed by atoms with E-state index in [1.165, 1.54) is 6.92 Å². The van der Waals surface area contributed by atoms with Crippen LogP contribution in [-0.4, -0.2) is 21.2 Å². The van der Waals surface area contributed by atoms with Gasteiger partial charge in [-0.1, -0.05) is 30.3 Å². The highest BCUT2D eigenvalue weighted by molar-refractivity contribution is 6.39. The molecule has 3 rings (SSSR count). The average Bonchev–Trinajstić information content (AvgIpc) is 2.92. The molecular formula is C16H14N4O. The van der Waals surface area contributed by atoms with Crippen LogP contribution >= 0.6 is 0 Å². The van der Waals surface area contributed by atoms with Gasteiger partial charge in [0.15, 0.2) is 5.78 Å². The molecule has 0 spiro atoms. The number of nitrogens with zero attached hydrogens (tertiary/aromatic N) is 3. The minimum Gasteiger partial charge on any atom is -0.291 e. The minimum atomic E-state index is -0.137. The van der Waals surface area contributed by atoms with Crippen LogP contribution in [0.4, 0.5) is 5.69 Å². The van der Waals surface area contributed by atoms with Crippen LogP contribution in [0.1, 0.15) is 6.92 Å². The molecule has 0 aliphatic carbocycles. The van der Waals surface area contributed by atoms with Crippen LogP contribution < -0.4 is 5.43 Å². The SMILES string of the molecule is CC(=O)/C(=N/Nc1ccccc1)n1cnc2ccccc21. The van der Waals surface area contributed by atoms with E-state index in [4.69, 9.17) is 0 Å². The third-order valence-corrected chi connectivity index (χ3v) is 3.06. The first-order valence-corrected chi connectivity index (χ1v) is 6.58. The van der Waals surface area contributed by atoms with E-state index in [-0.39, 0.29) is 5.78 Å². The van der Waals surface area contributed by atoms with E-state index in [2.05, 4.69) is 15.5 Å². The topological polar surface area (TPSA) is 59.3 Å². The molecule has 0 saturated carbocycles. The Labute approximate surface area is 121 Å². The quantitative estimate of drug-likeness (QED) is 0.455. The normalized spacial score (nSPS) is 11.6. The highest BCUT2D eigenvalue weighted by atomic mass is 16.1. The molecule has 5 nitrogen and oxygen atoms in total. The second-order valence-corrected chi connectivity index (χ2v) is 4.57. The summed E-state index contributed by atoms with van der Waals surface area (Å²) in [7, 11) is 0. The molecule has 2 aromatic carbocycles. The highest BCUT2D eigenvalue weighted by Gasteiger charge is 2.12. The number of hydrogen-bond donors (Lipinski definition) is 1. The first-order chi connectivity index (χ1) is 10.3. The molecule has 3 aromatic rings. The number of benzene rings is 2. The Morgan fingerprint density at radius 2 is 1.81 bits per heavy atom. The van der Waals surface area contributed by atoms with Crippen molar-refractivity contribution < 1.29 is 4.79 Å². The summed E-state index contributed by atoms with van der Waals surface area (Å²) in [4.78, 5) is 16.2. The number of carbonyl (C=O) groups excluding carboxylic acids is 1. The number of imidazole rings is 1. The fraction of sp³-hybridized carbons (Fsp3) is 0.0625. The van der Waals surface area contributed by atoms with Crippen LogP contribution in [0.15, 0.2) is 66.0 Å². The van der Waals surface area contributed by atoms with Gasteiger partial charge in [0.2, 0.25) is 5.84 Å². The molecule has 1 heterocycles. The summed E-state index contributed by atoms with van der Waals surface area (Å²) in [6.07, 6.45) is 1.61. The monoisotopic (exact) mass is 278 g/mol. The van der Waals surface area contributed by atoms with E-state index in [1.54, 1.807) is 10.9 Å². The maximum atomic E-state index is 11.9. The Kier molecular flexibility index (Phi) is 3.47. The van der Waals surface area contributed by atoms with Crippen LogP contribution in [0, 0.1) is 0 Å². The Hall–Kier alpha value is -2.95. The molecule has 0 bridgehead atoms. The summed E-state index contributed by atoms with van der Waals surface area (Å²) in [5.74, 6) is 0.161. The number of anilines is 1. The van der Waals surface area contributed by atoms with Crippen molar-refractivity contribution in [2.45, 2.75) is 6.92 Å². The Morgan fingerprint density at radius 3 is 2.57 bits per heavy atom. The molecule has 0 saturated heterocycles. The lowest BCUT2D eigenvalue weighted by molar-refractivity contribution is -0.111. The van der Waals surface area contributed by atoms with Crippen LogP contribution in [0.25, 0.3) is 11.0 Å². The zero-order valence-electron chi connectivity index (χ0n) is 11.5. The summed E-state index contributed by atoms with van der Waals surface area (Å²) < 4.78 is 1.69. The Balaban J connectivity index is 2.00. The molecule has 104 valence electrons. The van der Waals surface area contributed by atoms with Gasteiger partial charge in [-0.25, -0.2) is 4.98 Å². The first-order valence-electron chi connectivity index (χ1n) is 6.58. The van der Waals surface area contributed by atoms with E-state index in [1.807, 2.05) is 54.6 Å².